The fourth-order valence-corrected chi connectivity index (χ4v) is 1.60. The second kappa shape index (κ2) is 6.35. The minimum absolute atomic E-state index is 0.0525. The lowest BCUT2D eigenvalue weighted by Gasteiger charge is -2.07. The maximum absolute atomic E-state index is 11.4. The van der Waals surface area contributed by atoms with Crippen molar-refractivity contribution in [2.75, 3.05) is 13.7 Å². The van der Waals surface area contributed by atoms with E-state index in [-0.39, 0.29) is 35.6 Å². The van der Waals surface area contributed by atoms with E-state index in [0.29, 0.717) is 0 Å². The number of benzene rings is 1. The zero-order valence-corrected chi connectivity index (χ0v) is 10.5. The molecule has 0 saturated carbocycles. The molecule has 7 nitrogen and oxygen atoms in total. The number of ether oxygens (including phenoxy) is 2. The molecule has 1 rings (SSSR count). The van der Waals surface area contributed by atoms with Gasteiger partial charge in [0.15, 0.2) is 5.75 Å². The van der Waals surface area contributed by atoms with Crippen LogP contribution < -0.4 is 4.74 Å². The smallest absolute Gasteiger partial charge is 0.314 e. The standard InChI is InChI=1S/C12H12N2O5/c1-3-19-11(15)6-9-4-8(7-13)5-10(18-2)12(9)14(16)17/h4-5H,3,6H2,1-2H3. The number of nitro benzene ring substituents is 1. The van der Waals surface area contributed by atoms with Crippen LogP contribution in [-0.4, -0.2) is 24.6 Å². The largest absolute Gasteiger partial charge is 0.490 e. The van der Waals surface area contributed by atoms with Gasteiger partial charge >= 0.3 is 11.7 Å². The Morgan fingerprint density at radius 2 is 2.21 bits per heavy atom. The maximum atomic E-state index is 11.4. The van der Waals surface area contributed by atoms with Crippen LogP contribution in [0.25, 0.3) is 0 Å². The van der Waals surface area contributed by atoms with Crippen LogP contribution in [0.3, 0.4) is 0 Å². The van der Waals surface area contributed by atoms with E-state index in [2.05, 4.69) is 0 Å². The average molecular weight is 264 g/mol. The van der Waals surface area contributed by atoms with E-state index in [1.165, 1.54) is 19.2 Å². The number of esters is 1. The van der Waals surface area contributed by atoms with E-state index >= 15 is 0 Å². The third kappa shape index (κ3) is 3.42. The van der Waals surface area contributed by atoms with Gasteiger partial charge in [-0.15, -0.1) is 0 Å². The van der Waals surface area contributed by atoms with Gasteiger partial charge in [0, 0.05) is 11.6 Å². The SMILES string of the molecule is CCOC(=O)Cc1cc(C#N)cc(OC)c1[N+](=O)[O-]. The van der Waals surface area contributed by atoms with Crippen molar-refractivity contribution in [1.82, 2.24) is 0 Å². The fourth-order valence-electron chi connectivity index (χ4n) is 1.60. The Morgan fingerprint density at radius 1 is 1.53 bits per heavy atom. The second-order valence-electron chi connectivity index (χ2n) is 3.54. The lowest BCUT2D eigenvalue weighted by atomic mass is 10.1. The number of nitriles is 1. The number of carbonyl (C=O) groups is 1. The molecular formula is C12H12N2O5. The van der Waals surface area contributed by atoms with Gasteiger partial charge in [-0.25, -0.2) is 0 Å². The number of nitrogens with zero attached hydrogens (tertiary/aromatic N) is 2. The van der Waals surface area contributed by atoms with E-state index in [4.69, 9.17) is 14.7 Å². The number of nitro groups is 1. The van der Waals surface area contributed by atoms with Crippen LogP contribution in [0.1, 0.15) is 18.1 Å². The maximum Gasteiger partial charge on any atom is 0.314 e. The molecule has 19 heavy (non-hydrogen) atoms. The van der Waals surface area contributed by atoms with Crippen LogP contribution in [0.5, 0.6) is 5.75 Å². The number of carbonyl (C=O) groups excluding carboxylic acids is 1. The van der Waals surface area contributed by atoms with Crippen molar-refractivity contribution in [2.24, 2.45) is 0 Å². The van der Waals surface area contributed by atoms with Crippen LogP contribution in [0.15, 0.2) is 12.1 Å². The number of hydrogen-bond donors (Lipinski definition) is 0. The van der Waals surface area contributed by atoms with Crippen molar-refractivity contribution in [3.05, 3.63) is 33.4 Å². The molecule has 7 heteroatoms. The molecule has 1 aromatic carbocycles. The molecular weight excluding hydrogens is 252 g/mol. The summed E-state index contributed by atoms with van der Waals surface area (Å²) in [5.74, 6) is -0.647. The summed E-state index contributed by atoms with van der Waals surface area (Å²) in [7, 11) is 1.26. The van der Waals surface area contributed by atoms with Crippen molar-refractivity contribution in [2.45, 2.75) is 13.3 Å². The monoisotopic (exact) mass is 264 g/mol. The molecule has 0 aromatic heterocycles. The lowest BCUT2D eigenvalue weighted by molar-refractivity contribution is -0.386. The summed E-state index contributed by atoms with van der Waals surface area (Å²) in [4.78, 5) is 21.8. The Balaban J connectivity index is 3.30. The normalized spacial score (nSPS) is 9.53. The minimum Gasteiger partial charge on any atom is -0.490 e. The zero-order valence-electron chi connectivity index (χ0n) is 10.5. The quantitative estimate of drug-likeness (QED) is 0.454. The van der Waals surface area contributed by atoms with Crippen molar-refractivity contribution in [1.29, 1.82) is 5.26 Å². The zero-order chi connectivity index (χ0) is 14.4. The van der Waals surface area contributed by atoms with E-state index in [9.17, 15) is 14.9 Å². The minimum atomic E-state index is -0.644. The molecule has 0 fully saturated rings. The van der Waals surface area contributed by atoms with Gasteiger partial charge in [0.1, 0.15) is 0 Å². The molecule has 0 radical (unpaired) electrons. The van der Waals surface area contributed by atoms with Crippen LogP contribution in [0, 0.1) is 21.4 Å². The molecule has 0 bridgehead atoms. The van der Waals surface area contributed by atoms with Gasteiger partial charge in [-0.1, -0.05) is 0 Å². The van der Waals surface area contributed by atoms with Crippen LogP contribution >= 0.6 is 0 Å². The Kier molecular flexibility index (Phi) is 4.83. The average Bonchev–Trinajstić information content (AvgIpc) is 2.37. The van der Waals surface area contributed by atoms with Crippen molar-refractivity contribution in [3.8, 4) is 11.8 Å². The van der Waals surface area contributed by atoms with E-state index < -0.39 is 10.9 Å². The Bertz CT molecular complexity index is 548. The lowest BCUT2D eigenvalue weighted by Crippen LogP contribution is -2.10. The first-order chi connectivity index (χ1) is 9.03. The summed E-state index contributed by atoms with van der Waals surface area (Å²) in [6.45, 7) is 1.82. The molecule has 0 aliphatic heterocycles. The highest BCUT2D eigenvalue weighted by molar-refractivity contribution is 5.75. The highest BCUT2D eigenvalue weighted by Gasteiger charge is 2.24. The number of rotatable bonds is 5. The molecule has 0 saturated heterocycles. The molecule has 0 aliphatic carbocycles. The van der Waals surface area contributed by atoms with Gasteiger partial charge in [0.2, 0.25) is 0 Å². The molecule has 100 valence electrons. The molecule has 0 amide bonds. The highest BCUT2D eigenvalue weighted by Crippen LogP contribution is 2.32. The summed E-state index contributed by atoms with van der Waals surface area (Å²) in [6, 6.07) is 4.40. The topological polar surface area (TPSA) is 102 Å². The van der Waals surface area contributed by atoms with Gasteiger partial charge < -0.3 is 9.47 Å². The number of methoxy groups -OCH3 is 1. The third-order valence-corrected chi connectivity index (χ3v) is 2.33. The summed E-state index contributed by atoms with van der Waals surface area (Å²) in [5.41, 5.74) is -0.0457. The van der Waals surface area contributed by atoms with Crippen LogP contribution in [-0.2, 0) is 16.0 Å². The number of hydrogen-bond acceptors (Lipinski definition) is 6. The first-order valence-electron chi connectivity index (χ1n) is 5.44. The first kappa shape index (κ1) is 14.4. The summed E-state index contributed by atoms with van der Waals surface area (Å²) in [6.07, 6.45) is -0.282. The van der Waals surface area contributed by atoms with Gasteiger partial charge in [0.25, 0.3) is 0 Å². The summed E-state index contributed by atoms with van der Waals surface area (Å²) < 4.78 is 9.63. The third-order valence-electron chi connectivity index (χ3n) is 2.33. The summed E-state index contributed by atoms with van der Waals surface area (Å²) in [5, 5.41) is 19.9. The molecule has 0 atom stereocenters. The predicted octanol–water partition coefficient (Wildman–Crippen LogP) is 1.58. The molecule has 0 unspecified atom stereocenters. The van der Waals surface area contributed by atoms with Crippen molar-refractivity contribution in [3.63, 3.8) is 0 Å². The summed E-state index contributed by atoms with van der Waals surface area (Å²) >= 11 is 0. The Morgan fingerprint density at radius 3 is 2.68 bits per heavy atom. The van der Waals surface area contributed by atoms with Gasteiger partial charge in [-0.3, -0.25) is 14.9 Å². The van der Waals surface area contributed by atoms with Crippen molar-refractivity contribution < 1.29 is 19.2 Å². The molecule has 0 aliphatic rings. The van der Waals surface area contributed by atoms with Gasteiger partial charge in [0.05, 0.1) is 36.7 Å². The van der Waals surface area contributed by atoms with Gasteiger partial charge in [-0.2, -0.15) is 5.26 Å². The first-order valence-corrected chi connectivity index (χ1v) is 5.44. The van der Waals surface area contributed by atoms with E-state index in [1.807, 2.05) is 6.07 Å². The molecule has 0 heterocycles. The second-order valence-corrected chi connectivity index (χ2v) is 3.54. The highest BCUT2D eigenvalue weighted by atomic mass is 16.6. The molecule has 0 N–H and O–H groups in total. The molecule has 1 aromatic rings. The van der Waals surface area contributed by atoms with E-state index in [1.54, 1.807) is 6.92 Å². The van der Waals surface area contributed by atoms with Crippen molar-refractivity contribution >= 4 is 11.7 Å². The Labute approximate surface area is 109 Å². The van der Waals surface area contributed by atoms with Crippen LogP contribution in [0.4, 0.5) is 5.69 Å². The molecule has 0 spiro atoms. The fraction of sp³-hybridized carbons (Fsp3) is 0.333. The van der Waals surface area contributed by atoms with Gasteiger partial charge in [-0.05, 0) is 13.0 Å². The Hall–Kier alpha value is -2.62. The predicted molar refractivity (Wildman–Crippen MR) is 64.7 cm³/mol. The van der Waals surface area contributed by atoms with E-state index in [0.717, 1.165) is 0 Å². The van der Waals surface area contributed by atoms with Crippen LogP contribution in [0.2, 0.25) is 0 Å².